The number of nitrogens with one attached hydrogen (secondary N) is 1. The fourth-order valence-corrected chi connectivity index (χ4v) is 5.18. The van der Waals surface area contributed by atoms with Crippen LogP contribution in [0.5, 0.6) is 5.75 Å². The second-order valence-electron chi connectivity index (χ2n) is 9.03. The van der Waals surface area contributed by atoms with Gasteiger partial charge in [-0.05, 0) is 50.2 Å². The topological polar surface area (TPSA) is 91.4 Å². The van der Waals surface area contributed by atoms with Gasteiger partial charge in [0.2, 0.25) is 0 Å². The Morgan fingerprint density at radius 2 is 1.89 bits per heavy atom. The van der Waals surface area contributed by atoms with Gasteiger partial charge in [0.05, 0.1) is 18.3 Å². The highest BCUT2D eigenvalue weighted by molar-refractivity contribution is 6.30. The first-order valence-electron chi connectivity index (χ1n) is 11.7. The summed E-state index contributed by atoms with van der Waals surface area (Å²) in [7, 11) is 0. The van der Waals surface area contributed by atoms with E-state index < -0.39 is 5.72 Å². The number of urea groups is 1. The standard InChI is InChI=1S/C25H27ClN4O5/c1-3-34-24(33)29-11-9-28(10-12-29)22(31)16-5-4-6-18(13-16)30-23(32)27-20-15-25(30,2)35-21-8-7-17(26)14-19(20)21/h4-8,13-14,20H,3,9-12,15H2,1-2H3,(H,27,32)/t20-,25+/m0/s1. The minimum absolute atomic E-state index is 0.152. The Morgan fingerprint density at radius 1 is 1.14 bits per heavy atom. The zero-order chi connectivity index (χ0) is 24.7. The first kappa shape index (κ1) is 23.3. The van der Waals surface area contributed by atoms with E-state index in [-0.39, 0.29) is 24.1 Å². The molecule has 3 aliphatic rings. The summed E-state index contributed by atoms with van der Waals surface area (Å²) in [5.41, 5.74) is 0.958. The predicted molar refractivity (Wildman–Crippen MR) is 130 cm³/mol. The summed E-state index contributed by atoms with van der Waals surface area (Å²) in [5, 5.41) is 3.63. The molecule has 2 fully saturated rings. The van der Waals surface area contributed by atoms with Gasteiger partial charge in [0.15, 0.2) is 5.72 Å². The predicted octanol–water partition coefficient (Wildman–Crippen LogP) is 4.02. The lowest BCUT2D eigenvalue weighted by molar-refractivity contribution is 0.0378. The molecule has 2 saturated heterocycles. The number of fused-ring (bicyclic) bond motifs is 4. The van der Waals surface area contributed by atoms with Crippen molar-refractivity contribution in [3.63, 3.8) is 0 Å². The van der Waals surface area contributed by atoms with E-state index in [1.807, 2.05) is 19.1 Å². The maximum absolute atomic E-state index is 13.2. The molecule has 2 atom stereocenters. The molecule has 35 heavy (non-hydrogen) atoms. The number of hydrogen-bond donors (Lipinski definition) is 1. The second-order valence-corrected chi connectivity index (χ2v) is 9.47. The van der Waals surface area contributed by atoms with E-state index >= 15 is 0 Å². The summed E-state index contributed by atoms with van der Waals surface area (Å²) in [6.07, 6.45) is 0.167. The van der Waals surface area contributed by atoms with Crippen molar-refractivity contribution in [2.75, 3.05) is 37.7 Å². The molecule has 0 aliphatic carbocycles. The van der Waals surface area contributed by atoms with E-state index in [0.29, 0.717) is 61.2 Å². The van der Waals surface area contributed by atoms with Crippen LogP contribution in [0.2, 0.25) is 5.02 Å². The zero-order valence-electron chi connectivity index (χ0n) is 19.6. The highest BCUT2D eigenvalue weighted by atomic mass is 35.5. The van der Waals surface area contributed by atoms with Crippen LogP contribution in [0.4, 0.5) is 15.3 Å². The van der Waals surface area contributed by atoms with Gasteiger partial charge in [0.25, 0.3) is 5.91 Å². The fourth-order valence-electron chi connectivity index (χ4n) is 5.00. The molecule has 2 aromatic rings. The number of hydrogen-bond acceptors (Lipinski definition) is 5. The number of ether oxygens (including phenoxy) is 2. The van der Waals surface area contributed by atoms with E-state index in [1.165, 1.54) is 0 Å². The third kappa shape index (κ3) is 4.25. The zero-order valence-corrected chi connectivity index (χ0v) is 20.4. The van der Waals surface area contributed by atoms with Crippen molar-refractivity contribution < 1.29 is 23.9 Å². The maximum Gasteiger partial charge on any atom is 0.409 e. The molecular weight excluding hydrogens is 472 g/mol. The van der Waals surface area contributed by atoms with Crippen molar-refractivity contribution in [1.82, 2.24) is 15.1 Å². The largest absolute Gasteiger partial charge is 0.467 e. The van der Waals surface area contributed by atoms with Crippen LogP contribution in [-0.4, -0.2) is 66.3 Å². The quantitative estimate of drug-likeness (QED) is 0.690. The Bertz CT molecular complexity index is 1180. The van der Waals surface area contributed by atoms with Crippen molar-refractivity contribution in [2.24, 2.45) is 0 Å². The van der Waals surface area contributed by atoms with Crippen LogP contribution in [0.25, 0.3) is 0 Å². The van der Waals surface area contributed by atoms with E-state index in [0.717, 1.165) is 5.56 Å². The normalized spacial score (nSPS) is 23.2. The molecule has 0 unspecified atom stereocenters. The Hall–Kier alpha value is -3.46. The molecule has 4 amide bonds. The van der Waals surface area contributed by atoms with Crippen LogP contribution in [0, 0.1) is 0 Å². The summed E-state index contributed by atoms with van der Waals surface area (Å²) in [4.78, 5) is 43.3. The van der Waals surface area contributed by atoms with Gasteiger partial charge in [0, 0.05) is 48.7 Å². The number of anilines is 1. The number of benzene rings is 2. The smallest absolute Gasteiger partial charge is 0.409 e. The summed E-state index contributed by atoms with van der Waals surface area (Å²) in [5.74, 6) is 0.519. The molecule has 0 radical (unpaired) electrons. The molecule has 5 rings (SSSR count). The molecule has 0 saturated carbocycles. The maximum atomic E-state index is 13.2. The highest BCUT2D eigenvalue weighted by Crippen LogP contribution is 2.46. The van der Waals surface area contributed by atoms with Crippen molar-refractivity contribution >= 4 is 35.3 Å². The molecule has 9 nitrogen and oxygen atoms in total. The van der Waals surface area contributed by atoms with Gasteiger partial charge in [-0.25, -0.2) is 9.59 Å². The third-order valence-electron chi connectivity index (χ3n) is 6.68. The lowest BCUT2D eigenvalue weighted by Gasteiger charge is -2.50. The number of piperazine rings is 1. The third-order valence-corrected chi connectivity index (χ3v) is 6.91. The fraction of sp³-hybridized carbons (Fsp3) is 0.400. The lowest BCUT2D eigenvalue weighted by atomic mass is 9.90. The van der Waals surface area contributed by atoms with Crippen molar-refractivity contribution in [3.05, 3.63) is 58.6 Å². The molecule has 3 aliphatic heterocycles. The summed E-state index contributed by atoms with van der Waals surface area (Å²) >= 11 is 6.16. The molecule has 2 bridgehead atoms. The van der Waals surface area contributed by atoms with Crippen molar-refractivity contribution in [2.45, 2.75) is 32.0 Å². The van der Waals surface area contributed by atoms with E-state index in [9.17, 15) is 14.4 Å². The van der Waals surface area contributed by atoms with Gasteiger partial charge in [0.1, 0.15) is 5.75 Å². The number of carbonyl (C=O) groups excluding carboxylic acids is 3. The van der Waals surface area contributed by atoms with Crippen LogP contribution in [0.15, 0.2) is 42.5 Å². The lowest BCUT2D eigenvalue weighted by Crippen LogP contribution is -2.65. The van der Waals surface area contributed by atoms with E-state index in [4.69, 9.17) is 21.1 Å². The summed E-state index contributed by atoms with van der Waals surface area (Å²) in [6, 6.07) is 11.9. The number of carbonyl (C=O) groups is 3. The Kier molecular flexibility index (Phi) is 5.96. The Morgan fingerprint density at radius 3 is 2.63 bits per heavy atom. The highest BCUT2D eigenvalue weighted by Gasteiger charge is 2.50. The molecule has 184 valence electrons. The van der Waals surface area contributed by atoms with Gasteiger partial charge in [-0.1, -0.05) is 17.7 Å². The molecule has 10 heteroatoms. The van der Waals surface area contributed by atoms with Gasteiger partial charge in [-0.15, -0.1) is 0 Å². The van der Waals surface area contributed by atoms with E-state index in [2.05, 4.69) is 5.32 Å². The number of nitrogens with zero attached hydrogens (tertiary/aromatic N) is 3. The number of amides is 4. The van der Waals surface area contributed by atoms with Crippen LogP contribution < -0.4 is 15.0 Å². The van der Waals surface area contributed by atoms with Gasteiger partial charge < -0.3 is 24.6 Å². The van der Waals surface area contributed by atoms with Crippen molar-refractivity contribution in [3.8, 4) is 5.75 Å². The molecule has 0 spiro atoms. The van der Waals surface area contributed by atoms with Crippen molar-refractivity contribution in [1.29, 1.82) is 0 Å². The molecule has 2 aromatic carbocycles. The summed E-state index contributed by atoms with van der Waals surface area (Å²) in [6.45, 7) is 5.60. The molecular formula is C25H27ClN4O5. The first-order chi connectivity index (χ1) is 16.8. The van der Waals surface area contributed by atoms with E-state index in [1.54, 1.807) is 52.0 Å². The van der Waals surface area contributed by atoms with Gasteiger partial charge >= 0.3 is 12.1 Å². The minimum atomic E-state index is -0.930. The average Bonchev–Trinajstić information content (AvgIpc) is 2.84. The Labute approximate surface area is 208 Å². The van der Waals surface area contributed by atoms with Gasteiger partial charge in [-0.2, -0.15) is 0 Å². The van der Waals surface area contributed by atoms with Crippen LogP contribution in [0.3, 0.4) is 0 Å². The molecule has 1 N–H and O–H groups in total. The monoisotopic (exact) mass is 498 g/mol. The first-order valence-corrected chi connectivity index (χ1v) is 12.1. The summed E-state index contributed by atoms with van der Waals surface area (Å²) < 4.78 is 11.4. The van der Waals surface area contributed by atoms with Crippen LogP contribution >= 0.6 is 11.6 Å². The van der Waals surface area contributed by atoms with Crippen LogP contribution in [-0.2, 0) is 4.74 Å². The number of rotatable bonds is 3. The second kappa shape index (κ2) is 8.96. The van der Waals surface area contributed by atoms with Gasteiger partial charge in [-0.3, -0.25) is 9.69 Å². The minimum Gasteiger partial charge on any atom is -0.467 e. The average molecular weight is 499 g/mol. The molecule has 3 heterocycles. The number of halogens is 1. The van der Waals surface area contributed by atoms with Crippen LogP contribution in [0.1, 0.15) is 42.2 Å². The Balaban J connectivity index is 1.35. The molecule has 0 aromatic heterocycles. The SMILES string of the molecule is CCOC(=O)N1CCN(C(=O)c2cccc(N3C(=O)N[C@H]4C[C@@]3(C)Oc3ccc(Cl)cc34)c2)CC1.